The third kappa shape index (κ3) is 20.2. The van der Waals surface area contributed by atoms with Crippen LogP contribution in [0.3, 0.4) is 0 Å². The van der Waals surface area contributed by atoms with Crippen LogP contribution in [-0.2, 0) is 322 Å². The van der Waals surface area contributed by atoms with Crippen molar-refractivity contribution in [3.05, 3.63) is 0 Å². The van der Waals surface area contributed by atoms with Gasteiger partial charge in [-0.05, 0) is 0 Å². The molecule has 7 fully saturated rings. The summed E-state index contributed by atoms with van der Waals surface area (Å²) in [5, 5.41) is 0. The maximum absolute atomic E-state index is 10.4. The van der Waals surface area contributed by atoms with Gasteiger partial charge in [0.1, 0.15) is 0 Å². The normalized spacial score (nSPS) is 31.4. The molecule has 40 nitrogen and oxygen atoms in total. The monoisotopic (exact) mass is 1870 g/mol. The van der Waals surface area contributed by atoms with Crippen LogP contribution in [0.25, 0.3) is 0 Å². The molecule has 7 aliphatic heterocycles. The van der Waals surface area contributed by atoms with Crippen molar-refractivity contribution >= 4 is 23.0 Å². The fourth-order valence-electron chi connectivity index (χ4n) is 1.70. The number of rotatable bonds is 0. The zero-order chi connectivity index (χ0) is 42.7. The Morgan fingerprint density at radius 1 is 0.222 bits per heavy atom. The van der Waals surface area contributed by atoms with Crippen LogP contribution >= 0.6 is 7.82 Å². The summed E-state index contributed by atoms with van der Waals surface area (Å²) in [6.07, 6.45) is 0. The van der Waals surface area contributed by atoms with E-state index in [0.717, 1.165) is 0 Å². The van der Waals surface area contributed by atoms with Gasteiger partial charge in [0.25, 0.3) is 0 Å². The summed E-state index contributed by atoms with van der Waals surface area (Å²) < 4.78 is 312. The van der Waals surface area contributed by atoms with Crippen LogP contribution in [0.1, 0.15) is 0 Å². The third-order valence-electron chi connectivity index (χ3n) is 2.65. The van der Waals surface area contributed by atoms with E-state index in [1.54, 1.807) is 0 Å². The molecule has 0 aliphatic carbocycles. The summed E-state index contributed by atoms with van der Waals surface area (Å²) >= 11 is -74.7. The van der Waals surface area contributed by atoms with E-state index in [4.69, 9.17) is 0 Å². The standard InChI is InChI=1S/Al.12Mo.H3O4P.36O/c;;;;;;;;;;;;;1-5(2,3)4;;;;;;;;;;;;;;;;;;;;;;;;;;;;;;;;;;;;/h;;;;;;;;;;;;;(H3,1,2,3,4);;;;;;;;;;;;;;;;;;;;;;;;;;;;;;;;;;;;/q+3;;;;;;;;;;;;;;;;;;;;;;;;;;;;;;;;;;;;;;;;;;;;;;;;;/p-3. The van der Waals surface area contributed by atoms with Crippen molar-refractivity contribution in [3.8, 4) is 0 Å². The zero-order valence-electron chi connectivity index (χ0n) is 22.3. The number of hydrogen-bond donors (Lipinski definition) is 0. The molecule has 320 valence electrons. The van der Waals surface area contributed by atoms with Gasteiger partial charge in [0.2, 0.25) is 0 Å². The van der Waals surface area contributed by atoms with E-state index in [0.29, 0.717) is 0 Å². The summed E-state index contributed by atoms with van der Waals surface area (Å²) in [6, 6.07) is 0. The molecule has 0 aromatic heterocycles. The van der Waals surface area contributed by atoms with E-state index in [9.17, 15) is 86.1 Å². The van der Waals surface area contributed by atoms with Crippen LogP contribution in [0.15, 0.2) is 0 Å². The molecule has 0 spiro atoms. The molecule has 2 bridgehead atoms. The first-order valence-electron chi connectivity index (χ1n) is 9.44. The van der Waals surface area contributed by atoms with Crippen molar-refractivity contribution in [2.75, 3.05) is 0 Å². The molecule has 0 saturated carbocycles. The summed E-state index contributed by atoms with van der Waals surface area (Å²) in [5.74, 6) is 0. The molecular weight excluding hydrogens is 1850 g/mol. The van der Waals surface area contributed by atoms with Crippen molar-refractivity contribution in [3.63, 3.8) is 0 Å². The van der Waals surface area contributed by atoms with E-state index in [1.165, 1.54) is 0 Å². The topological polar surface area (TPSA) is 565 Å². The average Bonchev–Trinajstić information content (AvgIpc) is 2.64. The quantitative estimate of drug-likeness (QED) is 0.167. The molecule has 7 aliphatic rings. The Kier molecular flexibility index (Phi) is 17.6. The molecule has 0 radical (unpaired) electrons. The van der Waals surface area contributed by atoms with Crippen molar-refractivity contribution in [1.82, 2.24) is 0 Å². The van der Waals surface area contributed by atoms with Gasteiger partial charge in [0.05, 0.1) is 0 Å². The number of phosphoric acid groups is 1. The Labute approximate surface area is 338 Å². The van der Waals surface area contributed by atoms with Gasteiger partial charge >= 0.3 is 330 Å². The third-order valence-corrected chi connectivity index (χ3v) is 75.8. The van der Waals surface area contributed by atoms with Crippen molar-refractivity contribution in [1.29, 1.82) is 0 Å². The fourth-order valence-corrected chi connectivity index (χ4v) is 74.1. The van der Waals surface area contributed by atoms with Gasteiger partial charge in [-0.15, -0.1) is 0 Å². The van der Waals surface area contributed by atoms with Crippen LogP contribution in [0.5, 0.6) is 0 Å². The molecule has 0 aromatic rings. The Morgan fingerprint density at radius 3 is 0.333 bits per heavy atom. The number of hydrogen-bond acceptors (Lipinski definition) is 40. The van der Waals surface area contributed by atoms with E-state index in [2.05, 4.69) is 35.2 Å². The first-order valence-corrected chi connectivity index (χ1v) is 51.6. The molecule has 0 atom stereocenters. The van der Waals surface area contributed by atoms with Gasteiger partial charge in [-0.25, -0.2) is 4.57 Å². The summed E-state index contributed by atoms with van der Waals surface area (Å²) in [4.78, 5) is 0. The van der Waals surface area contributed by atoms with Crippen molar-refractivity contribution in [2.24, 2.45) is 0 Å². The molecule has 0 unspecified atom stereocenters. The maximum atomic E-state index is 10.4. The SMILES string of the molecule is O=P12[O][Al]([O]1)[O]2.[O]=[Mo]1(=[O])[O][Mo](=[O])(=[O])[O][Mo](=[O])(=[O])[O]1.[O]=[Mo]1(=[O])[O][Mo](=[O])(=[O])[O][Mo](=[O])(=[O])[O]1.[O]=[Mo]1(=[O])[O][Mo](=[O])(=[O])[O][Mo](=[O])(=[O])[O]1.[O]=[Mo]1(=[O])[O][Mo](=[O])(=[O])[O][Mo](=[O])(=[O])[O]1. The van der Waals surface area contributed by atoms with Gasteiger partial charge < -0.3 is 10.7 Å². The summed E-state index contributed by atoms with van der Waals surface area (Å²) in [5.41, 5.74) is 0. The first kappa shape index (κ1) is 53.8. The van der Waals surface area contributed by atoms with Crippen molar-refractivity contribution in [2.45, 2.75) is 0 Å². The van der Waals surface area contributed by atoms with Crippen molar-refractivity contribution < 1.29 is 322 Å². The van der Waals surface area contributed by atoms with Gasteiger partial charge in [-0.1, -0.05) is 0 Å². The molecule has 7 heterocycles. The van der Waals surface area contributed by atoms with E-state index in [1.807, 2.05) is 0 Å². The van der Waals surface area contributed by atoms with Gasteiger partial charge in [0.15, 0.2) is 0 Å². The van der Waals surface area contributed by atoms with Gasteiger partial charge in [-0.3, -0.25) is 0 Å². The van der Waals surface area contributed by atoms with E-state index < -0.39 is 224 Å². The molecular formula is AlMo12O40P. The second-order valence-corrected chi connectivity index (χ2v) is 62.6. The predicted octanol–water partition coefficient (Wildman–Crippen LogP) is -3.55. The second kappa shape index (κ2) is 17.7. The molecule has 54 heavy (non-hydrogen) atoms. The Balaban J connectivity index is 0.000000236. The van der Waals surface area contributed by atoms with Crippen LogP contribution in [0, 0.1) is 0 Å². The second-order valence-electron chi connectivity index (χ2n) is 6.77. The molecule has 7 rings (SSSR count). The Hall–Kier alpha value is 3.62. The van der Waals surface area contributed by atoms with E-state index in [-0.39, 0.29) is 0 Å². The minimum absolute atomic E-state index is 1.66. The molecule has 7 saturated heterocycles. The summed E-state index contributed by atoms with van der Waals surface area (Å²) in [6.45, 7) is 0. The minimum atomic E-state index is -6.09. The van der Waals surface area contributed by atoms with Crippen LogP contribution in [0.4, 0.5) is 0 Å². The van der Waals surface area contributed by atoms with Crippen LogP contribution in [0.2, 0.25) is 0 Å². The first-order chi connectivity index (χ1) is 23.3. The van der Waals surface area contributed by atoms with Gasteiger partial charge in [-0.2, -0.15) is 0 Å². The molecule has 54 heteroatoms. The summed E-state index contributed by atoms with van der Waals surface area (Å²) in [7, 11) is -2.76. The molecule has 0 N–H and O–H groups in total. The average molecular weight is 1850 g/mol. The Bertz CT molecular complexity index is 2130. The van der Waals surface area contributed by atoms with Crippen LogP contribution < -0.4 is 0 Å². The Morgan fingerprint density at radius 2 is 0.296 bits per heavy atom. The predicted molar refractivity (Wildman–Crippen MR) is 46.1 cm³/mol. The molecule has 0 aromatic carbocycles. The molecule has 0 amide bonds. The van der Waals surface area contributed by atoms with Gasteiger partial charge in [0, 0.05) is 0 Å². The van der Waals surface area contributed by atoms with E-state index >= 15 is 0 Å². The van der Waals surface area contributed by atoms with Crippen LogP contribution in [-0.4, -0.2) is 15.1 Å². The fraction of sp³-hybridized carbons (Fsp3) is 0. The zero-order valence-corrected chi connectivity index (χ0v) is 48.4.